The van der Waals surface area contributed by atoms with Crippen LogP contribution in [0.1, 0.15) is 29.2 Å². The molecular formula is C25H29N3OS. The van der Waals surface area contributed by atoms with E-state index < -0.39 is 0 Å². The zero-order chi connectivity index (χ0) is 21.3. The van der Waals surface area contributed by atoms with Crippen LogP contribution >= 0.6 is 12.6 Å². The number of thiol groups is 1. The van der Waals surface area contributed by atoms with Crippen LogP contribution in [0.25, 0.3) is 0 Å². The van der Waals surface area contributed by atoms with Crippen LogP contribution in [0.3, 0.4) is 0 Å². The molecule has 0 aromatic heterocycles. The van der Waals surface area contributed by atoms with E-state index in [1.165, 1.54) is 16.7 Å². The third-order valence-electron chi connectivity index (χ3n) is 6.01. The van der Waals surface area contributed by atoms with Gasteiger partial charge in [-0.1, -0.05) is 55.1 Å². The summed E-state index contributed by atoms with van der Waals surface area (Å²) in [5.74, 6) is 0.964. The van der Waals surface area contributed by atoms with Crippen LogP contribution in [0.2, 0.25) is 0 Å². The zero-order valence-corrected chi connectivity index (χ0v) is 18.5. The number of nitrogens with one attached hydrogen (secondary N) is 1. The van der Waals surface area contributed by atoms with Crippen molar-refractivity contribution in [2.24, 2.45) is 0 Å². The predicted octanol–water partition coefficient (Wildman–Crippen LogP) is 4.56. The maximum Gasteiger partial charge on any atom is 0.245 e. The molecule has 4 nitrogen and oxygen atoms in total. The van der Waals surface area contributed by atoms with Gasteiger partial charge < -0.3 is 15.1 Å². The van der Waals surface area contributed by atoms with Gasteiger partial charge >= 0.3 is 0 Å². The van der Waals surface area contributed by atoms with Crippen molar-refractivity contribution < 1.29 is 4.79 Å². The quantitative estimate of drug-likeness (QED) is 0.697. The Balaban J connectivity index is 1.78. The number of rotatable bonds is 5. The molecule has 2 aromatic rings. The third kappa shape index (κ3) is 3.86. The number of fused-ring (bicyclic) bond motifs is 1. The number of hydrogen-bond acceptors (Lipinski definition) is 4. The number of piperazine rings is 1. The standard InChI is InChI=1S/C25H29N3OS/c1-17-7-4-5-10-21(17)26-22-11-12-23-25(29)27(3)16-18(2)28(23)24(22)20-9-6-8-19(15-20)13-14-30/h4-11,15,23-24,26,30H,2,12-14,16H2,1,3H3. The Bertz CT molecular complexity index is 999. The van der Waals surface area contributed by atoms with Gasteiger partial charge in [-0.3, -0.25) is 4.79 Å². The topological polar surface area (TPSA) is 35.6 Å². The molecule has 2 aromatic carbocycles. The molecule has 0 saturated carbocycles. The number of hydrogen-bond donors (Lipinski definition) is 2. The minimum atomic E-state index is -0.211. The number of amides is 1. The maximum absolute atomic E-state index is 13.0. The minimum Gasteiger partial charge on any atom is -0.357 e. The van der Waals surface area contributed by atoms with Gasteiger partial charge in [-0.25, -0.2) is 0 Å². The molecular weight excluding hydrogens is 390 g/mol. The minimum absolute atomic E-state index is 0.0756. The van der Waals surface area contributed by atoms with E-state index in [4.69, 9.17) is 0 Å². The summed E-state index contributed by atoms with van der Waals surface area (Å²) in [6, 6.07) is 16.6. The van der Waals surface area contributed by atoms with Crippen molar-refractivity contribution in [3.05, 3.63) is 89.3 Å². The van der Waals surface area contributed by atoms with Crippen LogP contribution in [-0.4, -0.2) is 41.1 Å². The van der Waals surface area contributed by atoms with E-state index in [2.05, 4.69) is 78.8 Å². The van der Waals surface area contributed by atoms with Crippen molar-refractivity contribution in [3.63, 3.8) is 0 Å². The SMILES string of the molecule is C=C1CN(C)C(=O)C2CC=C(Nc3ccccc3C)C(c3cccc(CCS)c3)N12. The fourth-order valence-electron chi connectivity index (χ4n) is 4.48. The molecule has 4 rings (SSSR count). The number of carbonyl (C=O) groups is 1. The summed E-state index contributed by atoms with van der Waals surface area (Å²) in [5, 5.41) is 3.67. The van der Waals surface area contributed by atoms with Gasteiger partial charge in [0.15, 0.2) is 0 Å². The highest BCUT2D eigenvalue weighted by atomic mass is 32.1. The Morgan fingerprint density at radius 2 is 2.00 bits per heavy atom. The Hall–Kier alpha value is -2.66. The number of likely N-dealkylation sites (N-methyl/N-ethyl adjacent to an activating group) is 1. The lowest BCUT2D eigenvalue weighted by atomic mass is 9.89. The first-order valence-electron chi connectivity index (χ1n) is 10.4. The normalized spacial score (nSPS) is 21.4. The van der Waals surface area contributed by atoms with Gasteiger partial charge in [0.2, 0.25) is 5.91 Å². The van der Waals surface area contributed by atoms with E-state index in [1.54, 1.807) is 4.90 Å². The van der Waals surface area contributed by atoms with Crippen LogP contribution in [0.15, 0.2) is 72.6 Å². The maximum atomic E-state index is 13.0. The predicted molar refractivity (Wildman–Crippen MR) is 127 cm³/mol. The second-order valence-electron chi connectivity index (χ2n) is 8.14. The second kappa shape index (κ2) is 8.60. The van der Waals surface area contributed by atoms with Gasteiger partial charge in [-0.2, -0.15) is 12.6 Å². The van der Waals surface area contributed by atoms with Gasteiger partial charge in [0.25, 0.3) is 0 Å². The Labute approximate surface area is 184 Å². The summed E-state index contributed by atoms with van der Waals surface area (Å²) in [5.41, 5.74) is 6.78. The van der Waals surface area contributed by atoms with E-state index in [-0.39, 0.29) is 18.0 Å². The molecule has 0 spiro atoms. The van der Waals surface area contributed by atoms with Crippen LogP contribution in [0.5, 0.6) is 0 Å². The monoisotopic (exact) mass is 419 g/mol. The molecule has 2 heterocycles. The molecule has 0 bridgehead atoms. The lowest BCUT2D eigenvalue weighted by Crippen LogP contribution is -2.56. The number of nitrogens with zero attached hydrogens (tertiary/aromatic N) is 2. The molecule has 2 aliphatic rings. The van der Waals surface area contributed by atoms with E-state index in [0.29, 0.717) is 13.0 Å². The molecule has 0 aliphatic carbocycles. The summed E-state index contributed by atoms with van der Waals surface area (Å²) < 4.78 is 0. The van der Waals surface area contributed by atoms with Crippen LogP contribution in [0.4, 0.5) is 5.69 Å². The van der Waals surface area contributed by atoms with Gasteiger partial charge in [0.1, 0.15) is 6.04 Å². The van der Waals surface area contributed by atoms with Crippen molar-refractivity contribution in [1.29, 1.82) is 0 Å². The summed E-state index contributed by atoms with van der Waals surface area (Å²) >= 11 is 4.40. The molecule has 1 saturated heterocycles. The molecule has 1 amide bonds. The second-order valence-corrected chi connectivity index (χ2v) is 8.59. The number of anilines is 1. The number of aryl methyl sites for hydroxylation is 2. The van der Waals surface area contributed by atoms with Crippen molar-refractivity contribution in [3.8, 4) is 0 Å². The molecule has 2 aliphatic heterocycles. The van der Waals surface area contributed by atoms with Crippen LogP contribution < -0.4 is 5.32 Å². The fraction of sp³-hybridized carbons (Fsp3) is 0.320. The highest BCUT2D eigenvalue weighted by Crippen LogP contribution is 2.41. The van der Waals surface area contributed by atoms with Crippen molar-refractivity contribution in [1.82, 2.24) is 9.80 Å². The molecule has 2 atom stereocenters. The third-order valence-corrected chi connectivity index (χ3v) is 6.23. The first-order valence-corrected chi connectivity index (χ1v) is 11.1. The van der Waals surface area contributed by atoms with E-state index in [0.717, 1.165) is 29.3 Å². The molecule has 30 heavy (non-hydrogen) atoms. The average Bonchev–Trinajstić information content (AvgIpc) is 2.74. The van der Waals surface area contributed by atoms with E-state index in [1.807, 2.05) is 19.2 Å². The molecule has 5 heteroatoms. The molecule has 0 radical (unpaired) electrons. The molecule has 156 valence electrons. The lowest BCUT2D eigenvalue weighted by molar-refractivity contribution is -0.138. The highest BCUT2D eigenvalue weighted by Gasteiger charge is 2.42. The van der Waals surface area contributed by atoms with Gasteiger partial charge in [0.05, 0.1) is 12.6 Å². The van der Waals surface area contributed by atoms with Crippen LogP contribution in [0, 0.1) is 6.92 Å². The average molecular weight is 420 g/mol. The van der Waals surface area contributed by atoms with Crippen molar-refractivity contribution in [2.75, 3.05) is 24.7 Å². The molecule has 1 N–H and O–H groups in total. The largest absolute Gasteiger partial charge is 0.357 e. The Morgan fingerprint density at radius 3 is 2.77 bits per heavy atom. The van der Waals surface area contributed by atoms with E-state index in [9.17, 15) is 4.79 Å². The number of benzene rings is 2. The zero-order valence-electron chi connectivity index (χ0n) is 17.6. The highest BCUT2D eigenvalue weighted by molar-refractivity contribution is 7.80. The first-order chi connectivity index (χ1) is 14.5. The summed E-state index contributed by atoms with van der Waals surface area (Å²) in [4.78, 5) is 17.0. The van der Waals surface area contributed by atoms with Crippen molar-refractivity contribution in [2.45, 2.75) is 31.8 Å². The lowest BCUT2D eigenvalue weighted by Gasteiger charge is -2.49. The summed E-state index contributed by atoms with van der Waals surface area (Å²) in [7, 11) is 1.86. The van der Waals surface area contributed by atoms with Crippen LogP contribution in [-0.2, 0) is 11.2 Å². The van der Waals surface area contributed by atoms with Gasteiger partial charge in [-0.15, -0.1) is 0 Å². The number of para-hydroxylation sites is 1. The first kappa shape index (κ1) is 20.6. The molecule has 1 fully saturated rings. The Kier molecular flexibility index (Phi) is 5.91. The smallest absolute Gasteiger partial charge is 0.245 e. The van der Waals surface area contributed by atoms with Gasteiger partial charge in [-0.05, 0) is 48.3 Å². The Morgan fingerprint density at radius 1 is 1.20 bits per heavy atom. The van der Waals surface area contributed by atoms with Crippen molar-refractivity contribution >= 4 is 24.2 Å². The van der Waals surface area contributed by atoms with E-state index >= 15 is 0 Å². The summed E-state index contributed by atoms with van der Waals surface area (Å²) in [6.07, 6.45) is 3.77. The number of carbonyl (C=O) groups excluding carboxylic acids is 1. The van der Waals surface area contributed by atoms with Gasteiger partial charge in [0, 0.05) is 24.1 Å². The summed E-state index contributed by atoms with van der Waals surface area (Å²) in [6.45, 7) is 7.00. The molecule has 2 unspecified atom stereocenters. The fourth-order valence-corrected chi connectivity index (χ4v) is 4.74.